The molecule has 0 amide bonds. The molecule has 0 spiro atoms. The van der Waals surface area contributed by atoms with E-state index < -0.39 is 0 Å². The van der Waals surface area contributed by atoms with Crippen molar-refractivity contribution in [1.82, 2.24) is 9.80 Å². The van der Waals surface area contributed by atoms with Gasteiger partial charge in [0.25, 0.3) is 0 Å². The zero-order valence-corrected chi connectivity index (χ0v) is 10.2. The van der Waals surface area contributed by atoms with Crippen LogP contribution in [0.3, 0.4) is 0 Å². The predicted molar refractivity (Wildman–Crippen MR) is 63.8 cm³/mol. The Balaban J connectivity index is 1.93. The van der Waals surface area contributed by atoms with Crippen molar-refractivity contribution in [1.29, 1.82) is 0 Å². The van der Waals surface area contributed by atoms with Crippen molar-refractivity contribution in [2.24, 2.45) is 11.7 Å². The van der Waals surface area contributed by atoms with Gasteiger partial charge in [-0.3, -0.25) is 4.90 Å². The van der Waals surface area contributed by atoms with E-state index in [1.807, 2.05) is 0 Å². The van der Waals surface area contributed by atoms with E-state index in [0.717, 1.165) is 24.5 Å². The van der Waals surface area contributed by atoms with E-state index in [1.165, 1.54) is 38.9 Å². The quantitative estimate of drug-likeness (QED) is 0.731. The number of rotatable bonds is 2. The molecule has 3 heteroatoms. The fourth-order valence-electron chi connectivity index (χ4n) is 3.10. The van der Waals surface area contributed by atoms with Gasteiger partial charge in [0.2, 0.25) is 0 Å². The van der Waals surface area contributed by atoms with E-state index in [4.69, 9.17) is 5.73 Å². The van der Waals surface area contributed by atoms with E-state index in [-0.39, 0.29) is 0 Å². The van der Waals surface area contributed by atoms with Crippen LogP contribution in [0.4, 0.5) is 0 Å². The molecule has 0 aromatic heterocycles. The first-order valence-corrected chi connectivity index (χ1v) is 6.35. The molecule has 0 aromatic carbocycles. The summed E-state index contributed by atoms with van der Waals surface area (Å²) in [5.41, 5.74) is 5.80. The summed E-state index contributed by atoms with van der Waals surface area (Å²) >= 11 is 0. The molecule has 3 nitrogen and oxygen atoms in total. The van der Waals surface area contributed by atoms with Gasteiger partial charge in [0.15, 0.2) is 0 Å². The number of hydrogen-bond donors (Lipinski definition) is 1. The maximum absolute atomic E-state index is 5.80. The van der Waals surface area contributed by atoms with Crippen molar-refractivity contribution in [3.63, 3.8) is 0 Å². The van der Waals surface area contributed by atoms with Gasteiger partial charge >= 0.3 is 0 Å². The maximum atomic E-state index is 5.80. The second-order valence-electron chi connectivity index (χ2n) is 5.43. The van der Waals surface area contributed by atoms with E-state index in [0.29, 0.717) is 0 Å². The van der Waals surface area contributed by atoms with Crippen molar-refractivity contribution >= 4 is 0 Å². The summed E-state index contributed by atoms with van der Waals surface area (Å²) < 4.78 is 0. The fraction of sp³-hybridized carbons (Fsp3) is 1.00. The van der Waals surface area contributed by atoms with Crippen LogP contribution in [0, 0.1) is 5.92 Å². The molecule has 3 unspecified atom stereocenters. The van der Waals surface area contributed by atoms with E-state index in [2.05, 4.69) is 23.8 Å². The molecule has 2 N–H and O–H groups in total. The second-order valence-corrected chi connectivity index (χ2v) is 5.43. The molecule has 88 valence electrons. The molecule has 0 aliphatic carbocycles. The van der Waals surface area contributed by atoms with Crippen molar-refractivity contribution in [3.05, 3.63) is 0 Å². The van der Waals surface area contributed by atoms with Gasteiger partial charge in [-0.25, -0.2) is 0 Å². The first-order valence-electron chi connectivity index (χ1n) is 6.35. The van der Waals surface area contributed by atoms with Crippen LogP contribution in [0.5, 0.6) is 0 Å². The summed E-state index contributed by atoms with van der Waals surface area (Å²) in [6, 6.07) is 1.56. The molecule has 0 bridgehead atoms. The summed E-state index contributed by atoms with van der Waals surface area (Å²) in [5, 5.41) is 0. The average Bonchev–Trinajstić information content (AvgIpc) is 2.65. The van der Waals surface area contributed by atoms with Crippen LogP contribution in [0.2, 0.25) is 0 Å². The lowest BCUT2D eigenvalue weighted by Gasteiger charge is -2.41. The van der Waals surface area contributed by atoms with Crippen molar-refractivity contribution < 1.29 is 0 Å². The predicted octanol–water partition coefficient (Wildman–Crippen LogP) is 0.750. The third kappa shape index (κ3) is 2.52. The van der Waals surface area contributed by atoms with Crippen LogP contribution in [0.1, 0.15) is 26.2 Å². The largest absolute Gasteiger partial charge is 0.330 e. The van der Waals surface area contributed by atoms with Crippen molar-refractivity contribution in [2.45, 2.75) is 38.3 Å². The van der Waals surface area contributed by atoms with Crippen LogP contribution >= 0.6 is 0 Å². The topological polar surface area (TPSA) is 32.5 Å². The number of piperidine rings is 1. The molecule has 0 aromatic rings. The number of likely N-dealkylation sites (tertiary alicyclic amines) is 2. The van der Waals surface area contributed by atoms with E-state index in [1.54, 1.807) is 0 Å². The van der Waals surface area contributed by atoms with E-state index in [9.17, 15) is 0 Å². The molecule has 15 heavy (non-hydrogen) atoms. The Morgan fingerprint density at radius 3 is 2.60 bits per heavy atom. The summed E-state index contributed by atoms with van der Waals surface area (Å²) in [7, 11) is 2.23. The van der Waals surface area contributed by atoms with Gasteiger partial charge in [0.05, 0.1) is 0 Å². The number of nitrogens with zero attached hydrogens (tertiary/aromatic N) is 2. The normalized spacial score (nSPS) is 39.8. The van der Waals surface area contributed by atoms with Gasteiger partial charge in [-0.2, -0.15) is 0 Å². The van der Waals surface area contributed by atoms with Crippen LogP contribution in [0.25, 0.3) is 0 Å². The molecule has 2 fully saturated rings. The zero-order chi connectivity index (χ0) is 10.8. The number of nitrogens with two attached hydrogens (primary N) is 1. The van der Waals surface area contributed by atoms with Crippen LogP contribution in [-0.2, 0) is 0 Å². The van der Waals surface area contributed by atoms with Crippen molar-refractivity contribution in [3.8, 4) is 0 Å². The first kappa shape index (κ1) is 11.4. The Hall–Kier alpha value is -0.120. The van der Waals surface area contributed by atoms with Gasteiger partial charge in [0, 0.05) is 25.2 Å². The van der Waals surface area contributed by atoms with E-state index >= 15 is 0 Å². The lowest BCUT2D eigenvalue weighted by molar-refractivity contribution is 0.0778. The Labute approximate surface area is 93.6 Å². The summed E-state index contributed by atoms with van der Waals surface area (Å²) in [4.78, 5) is 5.16. The van der Waals surface area contributed by atoms with Gasteiger partial charge in [-0.15, -0.1) is 0 Å². The lowest BCUT2D eigenvalue weighted by atomic mass is 9.92. The molecule has 0 radical (unpaired) electrons. The molecular formula is C12H25N3. The van der Waals surface area contributed by atoms with Gasteiger partial charge < -0.3 is 10.6 Å². The Kier molecular flexibility index (Phi) is 3.65. The molecule has 2 rings (SSSR count). The molecule has 2 aliphatic heterocycles. The molecular weight excluding hydrogens is 186 g/mol. The SMILES string of the molecule is CC1CCC(CN)CN1C1CCN(C)C1. The molecule has 3 atom stereocenters. The summed E-state index contributed by atoms with van der Waals surface area (Å²) in [6.45, 7) is 7.00. The fourth-order valence-corrected chi connectivity index (χ4v) is 3.10. The monoisotopic (exact) mass is 211 g/mol. The Bertz CT molecular complexity index is 207. The second kappa shape index (κ2) is 4.81. The van der Waals surface area contributed by atoms with Crippen LogP contribution < -0.4 is 5.73 Å². The third-order valence-corrected chi connectivity index (χ3v) is 4.20. The minimum Gasteiger partial charge on any atom is -0.330 e. The molecule has 2 aliphatic rings. The average molecular weight is 211 g/mol. The lowest BCUT2D eigenvalue weighted by Crippen LogP contribution is -2.49. The number of likely N-dealkylation sites (N-methyl/N-ethyl adjacent to an activating group) is 1. The van der Waals surface area contributed by atoms with Crippen molar-refractivity contribution in [2.75, 3.05) is 33.2 Å². The Morgan fingerprint density at radius 2 is 2.00 bits per heavy atom. The third-order valence-electron chi connectivity index (χ3n) is 4.20. The van der Waals surface area contributed by atoms with Crippen LogP contribution in [-0.4, -0.2) is 55.1 Å². The zero-order valence-electron chi connectivity index (χ0n) is 10.2. The highest BCUT2D eigenvalue weighted by atomic mass is 15.3. The standard InChI is InChI=1S/C12H25N3/c1-10-3-4-11(7-13)8-15(10)12-5-6-14(2)9-12/h10-12H,3-9,13H2,1-2H3. The highest BCUT2D eigenvalue weighted by Crippen LogP contribution is 2.26. The van der Waals surface area contributed by atoms with Gasteiger partial charge in [0.1, 0.15) is 0 Å². The van der Waals surface area contributed by atoms with Crippen LogP contribution in [0.15, 0.2) is 0 Å². The molecule has 0 saturated carbocycles. The Morgan fingerprint density at radius 1 is 1.20 bits per heavy atom. The molecule has 2 heterocycles. The highest BCUT2D eigenvalue weighted by Gasteiger charge is 2.32. The highest BCUT2D eigenvalue weighted by molar-refractivity contribution is 4.89. The van der Waals surface area contributed by atoms with Gasteiger partial charge in [-0.1, -0.05) is 0 Å². The molecule has 2 saturated heterocycles. The first-order chi connectivity index (χ1) is 7.20. The summed E-state index contributed by atoms with van der Waals surface area (Å²) in [5.74, 6) is 0.743. The minimum atomic E-state index is 0.743. The smallest absolute Gasteiger partial charge is 0.0238 e. The number of hydrogen-bond acceptors (Lipinski definition) is 3. The minimum absolute atomic E-state index is 0.743. The maximum Gasteiger partial charge on any atom is 0.0238 e. The summed E-state index contributed by atoms with van der Waals surface area (Å²) in [6.07, 6.45) is 4.01. The van der Waals surface area contributed by atoms with Gasteiger partial charge in [-0.05, 0) is 52.2 Å².